The third-order valence-corrected chi connectivity index (χ3v) is 2.21. The predicted octanol–water partition coefficient (Wildman–Crippen LogP) is 2.54. The van der Waals surface area contributed by atoms with Gasteiger partial charge in [0, 0.05) is 12.1 Å². The third kappa shape index (κ3) is 4.64. The lowest BCUT2D eigenvalue weighted by Gasteiger charge is -2.14. The lowest BCUT2D eigenvalue weighted by atomic mass is 10.2. The van der Waals surface area contributed by atoms with Gasteiger partial charge in [0.05, 0.1) is 5.56 Å². The molecule has 0 amide bonds. The van der Waals surface area contributed by atoms with Gasteiger partial charge in [-0.15, -0.1) is 0 Å². The zero-order valence-corrected chi connectivity index (χ0v) is 10.7. The van der Waals surface area contributed by atoms with E-state index in [0.29, 0.717) is 6.29 Å². The Labute approximate surface area is 114 Å². The molecule has 0 aromatic heterocycles. The van der Waals surface area contributed by atoms with Gasteiger partial charge in [-0.3, -0.25) is 4.79 Å². The first-order chi connectivity index (χ1) is 9.76. The van der Waals surface area contributed by atoms with Crippen molar-refractivity contribution in [3.05, 3.63) is 17.7 Å². The number of ether oxygens (including phenoxy) is 3. The summed E-state index contributed by atoms with van der Waals surface area (Å²) < 4.78 is 51.6. The molecular formula is C13H15F3O4. The van der Waals surface area contributed by atoms with Crippen molar-refractivity contribution >= 4 is 6.29 Å². The fraction of sp³-hybridized carbons (Fsp3) is 0.462. The maximum Gasteiger partial charge on any atom is 0.157 e. The number of halogens is 3. The summed E-state index contributed by atoms with van der Waals surface area (Å²) in [5.74, 6) is 0.279. The van der Waals surface area contributed by atoms with Gasteiger partial charge in [0.1, 0.15) is 57.1 Å². The van der Waals surface area contributed by atoms with Crippen LogP contribution in [-0.4, -0.2) is 46.1 Å². The second-order valence-corrected chi connectivity index (χ2v) is 3.56. The molecule has 1 aromatic carbocycles. The third-order valence-electron chi connectivity index (χ3n) is 2.21. The molecule has 0 fully saturated rings. The fourth-order valence-corrected chi connectivity index (χ4v) is 1.47. The van der Waals surface area contributed by atoms with Crippen LogP contribution in [0.3, 0.4) is 0 Å². The molecule has 1 aromatic rings. The zero-order chi connectivity index (χ0) is 14.8. The highest BCUT2D eigenvalue weighted by molar-refractivity contribution is 5.84. The molecule has 0 unspecified atom stereocenters. The number of carbonyl (C=O) groups is 1. The van der Waals surface area contributed by atoms with Crippen LogP contribution < -0.4 is 14.2 Å². The molecular weight excluding hydrogens is 277 g/mol. The van der Waals surface area contributed by atoms with Crippen LogP contribution in [0.1, 0.15) is 10.4 Å². The van der Waals surface area contributed by atoms with Gasteiger partial charge in [-0.1, -0.05) is 0 Å². The zero-order valence-electron chi connectivity index (χ0n) is 10.7. The van der Waals surface area contributed by atoms with E-state index in [1.54, 1.807) is 0 Å². The Bertz CT molecular complexity index is 397. The summed E-state index contributed by atoms with van der Waals surface area (Å²) in [5.41, 5.74) is 0.0273. The Morgan fingerprint density at radius 1 is 0.850 bits per heavy atom. The maximum absolute atomic E-state index is 12.1. The standard InChI is InChI=1S/C13H15F3O4/c14-1-4-18-10-7-12(19-5-2-15)11(9-17)13(8-10)20-6-3-16/h7-9H,1-6H2. The van der Waals surface area contributed by atoms with Gasteiger partial charge in [-0.2, -0.15) is 0 Å². The quantitative estimate of drug-likeness (QED) is 0.622. The topological polar surface area (TPSA) is 44.8 Å². The van der Waals surface area contributed by atoms with Crippen LogP contribution in [0, 0.1) is 0 Å². The minimum Gasteiger partial charge on any atom is -0.491 e. The van der Waals surface area contributed by atoms with E-state index < -0.39 is 20.0 Å². The summed E-state index contributed by atoms with van der Waals surface area (Å²) in [6, 6.07) is 2.66. The summed E-state index contributed by atoms with van der Waals surface area (Å²) in [7, 11) is 0. The highest BCUT2D eigenvalue weighted by atomic mass is 19.1. The van der Waals surface area contributed by atoms with Crippen LogP contribution in [-0.2, 0) is 0 Å². The van der Waals surface area contributed by atoms with E-state index in [1.165, 1.54) is 12.1 Å². The Hall–Kier alpha value is -1.92. The summed E-state index contributed by atoms with van der Waals surface area (Å²) in [5, 5.41) is 0. The van der Waals surface area contributed by atoms with Crippen molar-refractivity contribution in [3.63, 3.8) is 0 Å². The van der Waals surface area contributed by atoms with Crippen molar-refractivity contribution < 1.29 is 32.2 Å². The number of hydrogen-bond acceptors (Lipinski definition) is 4. The van der Waals surface area contributed by atoms with E-state index in [0.717, 1.165) is 0 Å². The molecule has 0 saturated carbocycles. The first-order valence-corrected chi connectivity index (χ1v) is 5.96. The summed E-state index contributed by atoms with van der Waals surface area (Å²) >= 11 is 0. The van der Waals surface area contributed by atoms with E-state index in [2.05, 4.69) is 0 Å². The van der Waals surface area contributed by atoms with Gasteiger partial charge in [0.25, 0.3) is 0 Å². The molecule has 0 bridgehead atoms. The maximum atomic E-state index is 12.1. The van der Waals surface area contributed by atoms with Crippen molar-refractivity contribution in [2.24, 2.45) is 0 Å². The second-order valence-electron chi connectivity index (χ2n) is 3.56. The molecule has 0 N–H and O–H groups in total. The molecule has 0 spiro atoms. The second kappa shape index (κ2) is 9.06. The van der Waals surface area contributed by atoms with E-state index in [-0.39, 0.29) is 42.6 Å². The van der Waals surface area contributed by atoms with Gasteiger partial charge in [-0.05, 0) is 0 Å². The van der Waals surface area contributed by atoms with Crippen molar-refractivity contribution in [1.82, 2.24) is 0 Å². The Morgan fingerprint density at radius 3 is 1.70 bits per heavy atom. The predicted molar refractivity (Wildman–Crippen MR) is 66.2 cm³/mol. The number of benzene rings is 1. The Kier molecular flexibility index (Phi) is 7.31. The average molecular weight is 292 g/mol. The van der Waals surface area contributed by atoms with Crippen molar-refractivity contribution in [3.8, 4) is 17.2 Å². The van der Waals surface area contributed by atoms with E-state index >= 15 is 0 Å². The van der Waals surface area contributed by atoms with Crippen LogP contribution in [0.4, 0.5) is 13.2 Å². The molecule has 4 nitrogen and oxygen atoms in total. The van der Waals surface area contributed by atoms with Gasteiger partial charge in [0.2, 0.25) is 0 Å². The lowest BCUT2D eigenvalue weighted by molar-refractivity contribution is 0.111. The molecule has 0 aliphatic rings. The highest BCUT2D eigenvalue weighted by Crippen LogP contribution is 2.33. The molecule has 0 radical (unpaired) electrons. The molecule has 0 saturated heterocycles. The largest absolute Gasteiger partial charge is 0.491 e. The van der Waals surface area contributed by atoms with Crippen molar-refractivity contribution in [2.45, 2.75) is 0 Å². The van der Waals surface area contributed by atoms with Crippen LogP contribution >= 0.6 is 0 Å². The number of rotatable bonds is 10. The van der Waals surface area contributed by atoms with E-state index in [1.807, 2.05) is 0 Å². The molecule has 0 atom stereocenters. The van der Waals surface area contributed by atoms with Crippen LogP contribution in [0.5, 0.6) is 17.2 Å². The SMILES string of the molecule is O=Cc1c(OCCF)cc(OCCF)cc1OCCF. The number of hydrogen-bond donors (Lipinski definition) is 0. The van der Waals surface area contributed by atoms with Gasteiger partial charge < -0.3 is 14.2 Å². The minimum absolute atomic E-state index is 0.0273. The highest BCUT2D eigenvalue weighted by Gasteiger charge is 2.14. The van der Waals surface area contributed by atoms with E-state index in [9.17, 15) is 18.0 Å². The fourth-order valence-electron chi connectivity index (χ4n) is 1.47. The van der Waals surface area contributed by atoms with Crippen LogP contribution in [0.2, 0.25) is 0 Å². The molecule has 20 heavy (non-hydrogen) atoms. The first kappa shape index (κ1) is 16.1. The number of alkyl halides is 3. The molecule has 0 aliphatic carbocycles. The van der Waals surface area contributed by atoms with Crippen molar-refractivity contribution in [2.75, 3.05) is 39.8 Å². The molecule has 112 valence electrons. The summed E-state index contributed by atoms with van der Waals surface area (Å²) in [6.07, 6.45) is 0.458. The summed E-state index contributed by atoms with van der Waals surface area (Å²) in [6.45, 7) is -2.88. The lowest BCUT2D eigenvalue weighted by Crippen LogP contribution is -2.07. The molecule has 0 heterocycles. The Balaban J connectivity index is 3.05. The van der Waals surface area contributed by atoms with Gasteiger partial charge in [0.15, 0.2) is 6.29 Å². The number of carbonyl (C=O) groups excluding carboxylic acids is 1. The molecule has 1 rings (SSSR count). The first-order valence-electron chi connectivity index (χ1n) is 5.96. The van der Waals surface area contributed by atoms with Gasteiger partial charge >= 0.3 is 0 Å². The smallest absolute Gasteiger partial charge is 0.157 e. The van der Waals surface area contributed by atoms with Gasteiger partial charge in [-0.25, -0.2) is 13.2 Å². The molecule has 7 heteroatoms. The minimum atomic E-state index is -0.742. The average Bonchev–Trinajstić information content (AvgIpc) is 2.48. The monoisotopic (exact) mass is 292 g/mol. The molecule has 0 aliphatic heterocycles. The van der Waals surface area contributed by atoms with E-state index in [4.69, 9.17) is 14.2 Å². The van der Waals surface area contributed by atoms with Crippen LogP contribution in [0.25, 0.3) is 0 Å². The normalized spacial score (nSPS) is 10.2. The van der Waals surface area contributed by atoms with Crippen LogP contribution in [0.15, 0.2) is 12.1 Å². The summed E-state index contributed by atoms with van der Waals surface area (Å²) in [4.78, 5) is 11.1. The Morgan fingerprint density at radius 2 is 1.30 bits per heavy atom. The number of aldehydes is 1. The van der Waals surface area contributed by atoms with Crippen molar-refractivity contribution in [1.29, 1.82) is 0 Å².